The second kappa shape index (κ2) is 5.26. The van der Waals surface area contributed by atoms with Gasteiger partial charge in [-0.05, 0) is 18.4 Å². The molecule has 0 saturated heterocycles. The molecule has 0 saturated carbocycles. The minimum atomic E-state index is -0.865. The Morgan fingerprint density at radius 3 is 2.47 bits per heavy atom. The molecule has 19 heavy (non-hydrogen) atoms. The SMILES string of the molecule is Cc1[nH]c(-c2ccc(C(C)C)cc2)nc1CC(=O)O. The molecule has 0 aliphatic carbocycles. The molecule has 1 aromatic heterocycles. The van der Waals surface area contributed by atoms with E-state index in [4.69, 9.17) is 5.11 Å². The number of aryl methyl sites for hydroxylation is 1. The summed E-state index contributed by atoms with van der Waals surface area (Å²) in [5.41, 5.74) is 3.66. The summed E-state index contributed by atoms with van der Waals surface area (Å²) in [6.45, 7) is 6.14. The summed E-state index contributed by atoms with van der Waals surface area (Å²) < 4.78 is 0. The molecule has 0 aliphatic rings. The lowest BCUT2D eigenvalue weighted by Gasteiger charge is -2.05. The molecule has 1 aromatic carbocycles. The van der Waals surface area contributed by atoms with Crippen LogP contribution in [-0.2, 0) is 11.2 Å². The fraction of sp³-hybridized carbons (Fsp3) is 0.333. The third kappa shape index (κ3) is 3.02. The van der Waals surface area contributed by atoms with Crippen molar-refractivity contribution in [1.29, 1.82) is 0 Å². The van der Waals surface area contributed by atoms with Gasteiger partial charge in [0.1, 0.15) is 5.82 Å². The van der Waals surface area contributed by atoms with Gasteiger partial charge in [-0.25, -0.2) is 4.98 Å². The molecule has 1 heterocycles. The van der Waals surface area contributed by atoms with E-state index in [1.165, 1.54) is 5.56 Å². The Labute approximate surface area is 112 Å². The maximum absolute atomic E-state index is 10.7. The molecule has 4 nitrogen and oxygen atoms in total. The fourth-order valence-corrected chi connectivity index (χ4v) is 1.97. The van der Waals surface area contributed by atoms with Gasteiger partial charge in [-0.2, -0.15) is 0 Å². The molecule has 0 bridgehead atoms. The number of carboxylic acids is 1. The third-order valence-corrected chi connectivity index (χ3v) is 3.15. The Hall–Kier alpha value is -2.10. The van der Waals surface area contributed by atoms with E-state index in [0.29, 0.717) is 11.6 Å². The summed E-state index contributed by atoms with van der Waals surface area (Å²) in [4.78, 5) is 18.2. The van der Waals surface area contributed by atoms with Gasteiger partial charge in [-0.15, -0.1) is 0 Å². The summed E-state index contributed by atoms with van der Waals surface area (Å²) in [5, 5.41) is 8.81. The number of H-pyrrole nitrogens is 1. The van der Waals surface area contributed by atoms with E-state index in [9.17, 15) is 4.79 Å². The number of nitrogens with zero attached hydrogens (tertiary/aromatic N) is 1. The van der Waals surface area contributed by atoms with E-state index in [1.54, 1.807) is 0 Å². The maximum atomic E-state index is 10.7. The molecular formula is C15H18N2O2. The fourth-order valence-electron chi connectivity index (χ4n) is 1.97. The number of aromatic amines is 1. The highest BCUT2D eigenvalue weighted by atomic mass is 16.4. The molecule has 0 aliphatic heterocycles. The highest BCUT2D eigenvalue weighted by molar-refractivity contribution is 5.70. The molecule has 0 radical (unpaired) electrons. The lowest BCUT2D eigenvalue weighted by atomic mass is 10.0. The highest BCUT2D eigenvalue weighted by Crippen LogP contribution is 2.21. The van der Waals surface area contributed by atoms with Crippen LogP contribution in [0.2, 0.25) is 0 Å². The van der Waals surface area contributed by atoms with Crippen LogP contribution in [0.1, 0.15) is 36.7 Å². The Kier molecular flexibility index (Phi) is 3.69. The molecule has 0 atom stereocenters. The number of rotatable bonds is 4. The van der Waals surface area contributed by atoms with Gasteiger partial charge in [0, 0.05) is 11.3 Å². The smallest absolute Gasteiger partial charge is 0.309 e. The van der Waals surface area contributed by atoms with E-state index in [-0.39, 0.29) is 6.42 Å². The van der Waals surface area contributed by atoms with E-state index in [1.807, 2.05) is 19.1 Å². The number of nitrogens with one attached hydrogen (secondary N) is 1. The van der Waals surface area contributed by atoms with E-state index < -0.39 is 5.97 Å². The number of hydrogen-bond acceptors (Lipinski definition) is 2. The minimum absolute atomic E-state index is 0.0492. The van der Waals surface area contributed by atoms with Crippen LogP contribution in [-0.4, -0.2) is 21.0 Å². The molecule has 2 rings (SSSR count). The molecule has 100 valence electrons. The summed E-state index contributed by atoms with van der Waals surface area (Å²) in [6.07, 6.45) is -0.0492. The van der Waals surface area contributed by atoms with E-state index in [0.717, 1.165) is 17.1 Å². The Balaban J connectivity index is 2.29. The monoisotopic (exact) mass is 258 g/mol. The zero-order valence-corrected chi connectivity index (χ0v) is 11.4. The minimum Gasteiger partial charge on any atom is -0.481 e. The van der Waals surface area contributed by atoms with Crippen LogP contribution in [0, 0.1) is 6.92 Å². The van der Waals surface area contributed by atoms with Gasteiger partial charge in [0.05, 0.1) is 12.1 Å². The first-order valence-corrected chi connectivity index (χ1v) is 6.35. The van der Waals surface area contributed by atoms with Crippen LogP contribution in [0.4, 0.5) is 0 Å². The van der Waals surface area contributed by atoms with Gasteiger partial charge < -0.3 is 10.1 Å². The lowest BCUT2D eigenvalue weighted by molar-refractivity contribution is -0.136. The zero-order chi connectivity index (χ0) is 14.0. The standard InChI is InChI=1S/C15H18N2O2/c1-9(2)11-4-6-12(7-5-11)15-16-10(3)13(17-15)8-14(18)19/h4-7,9H,8H2,1-3H3,(H,16,17)(H,18,19). The largest absolute Gasteiger partial charge is 0.481 e. The lowest BCUT2D eigenvalue weighted by Crippen LogP contribution is -2.01. The van der Waals surface area contributed by atoms with Crippen molar-refractivity contribution in [3.63, 3.8) is 0 Å². The van der Waals surface area contributed by atoms with Crippen LogP contribution >= 0.6 is 0 Å². The van der Waals surface area contributed by atoms with Crippen LogP contribution in [0.25, 0.3) is 11.4 Å². The molecule has 2 N–H and O–H groups in total. The Bertz CT molecular complexity index is 583. The Morgan fingerprint density at radius 2 is 1.95 bits per heavy atom. The van der Waals surface area contributed by atoms with Crippen LogP contribution in [0.15, 0.2) is 24.3 Å². The number of benzene rings is 1. The first-order valence-electron chi connectivity index (χ1n) is 6.35. The van der Waals surface area contributed by atoms with Crippen molar-refractivity contribution in [2.75, 3.05) is 0 Å². The molecule has 2 aromatic rings. The molecule has 0 unspecified atom stereocenters. The summed E-state index contributed by atoms with van der Waals surface area (Å²) in [7, 11) is 0. The molecule has 0 amide bonds. The van der Waals surface area contributed by atoms with E-state index >= 15 is 0 Å². The topological polar surface area (TPSA) is 66.0 Å². The van der Waals surface area contributed by atoms with Gasteiger partial charge in [-0.1, -0.05) is 38.1 Å². The number of carboxylic acid groups (broad SMARTS) is 1. The first-order chi connectivity index (χ1) is 8.97. The first kappa shape index (κ1) is 13.3. The van der Waals surface area contributed by atoms with Crippen LogP contribution < -0.4 is 0 Å². The van der Waals surface area contributed by atoms with Crippen molar-refractivity contribution in [1.82, 2.24) is 9.97 Å². The predicted molar refractivity (Wildman–Crippen MR) is 74.2 cm³/mol. The highest BCUT2D eigenvalue weighted by Gasteiger charge is 2.11. The van der Waals surface area contributed by atoms with Gasteiger partial charge in [0.25, 0.3) is 0 Å². The number of aliphatic carboxylic acids is 1. The zero-order valence-electron chi connectivity index (χ0n) is 11.4. The van der Waals surface area contributed by atoms with Crippen molar-refractivity contribution >= 4 is 5.97 Å². The second-order valence-corrected chi connectivity index (χ2v) is 5.00. The third-order valence-electron chi connectivity index (χ3n) is 3.15. The normalized spacial score (nSPS) is 10.9. The van der Waals surface area contributed by atoms with Gasteiger partial charge in [0.15, 0.2) is 0 Å². The van der Waals surface area contributed by atoms with Crippen molar-refractivity contribution < 1.29 is 9.90 Å². The summed E-state index contributed by atoms with van der Waals surface area (Å²) >= 11 is 0. The second-order valence-electron chi connectivity index (χ2n) is 5.00. The number of carbonyl (C=O) groups is 1. The predicted octanol–water partition coefficient (Wildman–Crippen LogP) is 3.14. The Morgan fingerprint density at radius 1 is 1.32 bits per heavy atom. The number of aromatic nitrogens is 2. The van der Waals surface area contributed by atoms with Crippen molar-refractivity contribution in [2.24, 2.45) is 0 Å². The molecular weight excluding hydrogens is 240 g/mol. The molecule has 4 heteroatoms. The maximum Gasteiger partial charge on any atom is 0.309 e. The average molecular weight is 258 g/mol. The quantitative estimate of drug-likeness (QED) is 0.885. The summed E-state index contributed by atoms with van der Waals surface area (Å²) in [6, 6.07) is 8.18. The van der Waals surface area contributed by atoms with Gasteiger partial charge in [0.2, 0.25) is 0 Å². The number of imidazole rings is 1. The number of hydrogen-bond donors (Lipinski definition) is 2. The summed E-state index contributed by atoms with van der Waals surface area (Å²) in [5.74, 6) is 0.357. The molecule has 0 spiro atoms. The van der Waals surface area contributed by atoms with E-state index in [2.05, 4.69) is 35.9 Å². The van der Waals surface area contributed by atoms with Gasteiger partial charge >= 0.3 is 5.97 Å². The average Bonchev–Trinajstić information content (AvgIpc) is 2.70. The van der Waals surface area contributed by atoms with Crippen molar-refractivity contribution in [2.45, 2.75) is 33.1 Å². The van der Waals surface area contributed by atoms with Crippen LogP contribution in [0.3, 0.4) is 0 Å². The van der Waals surface area contributed by atoms with Gasteiger partial charge in [-0.3, -0.25) is 4.79 Å². The van der Waals surface area contributed by atoms with Crippen molar-refractivity contribution in [3.8, 4) is 11.4 Å². The van der Waals surface area contributed by atoms with Crippen molar-refractivity contribution in [3.05, 3.63) is 41.2 Å². The van der Waals surface area contributed by atoms with Crippen LogP contribution in [0.5, 0.6) is 0 Å². The molecule has 0 fully saturated rings.